The summed E-state index contributed by atoms with van der Waals surface area (Å²) in [5.74, 6) is -0.610. The summed E-state index contributed by atoms with van der Waals surface area (Å²) in [6.45, 7) is 0.882. The molecule has 9 nitrogen and oxygen atoms in total. The molecule has 0 radical (unpaired) electrons. The maximum Gasteiger partial charge on any atom is 0.399 e. The molecule has 0 heterocycles. The molecule has 0 unspecified atom stereocenters. The average molecular weight is 582 g/mol. The van der Waals surface area contributed by atoms with Gasteiger partial charge in [0.05, 0.1) is 4.90 Å². The number of benzene rings is 3. The first kappa shape index (κ1) is 30.4. The van der Waals surface area contributed by atoms with E-state index in [4.69, 9.17) is 9.79 Å². The Balaban J connectivity index is 1.72. The van der Waals surface area contributed by atoms with Gasteiger partial charge < -0.3 is 20.0 Å². The number of sulfonamides is 1. The fourth-order valence-corrected chi connectivity index (χ4v) is 5.45. The lowest BCUT2D eigenvalue weighted by Gasteiger charge is -2.21. The molecule has 0 aliphatic heterocycles. The molecule has 3 rings (SSSR count). The summed E-state index contributed by atoms with van der Waals surface area (Å²) in [6, 6.07) is 19.8. The zero-order chi connectivity index (χ0) is 28.7. The number of para-hydroxylation sites is 1. The van der Waals surface area contributed by atoms with E-state index in [9.17, 15) is 26.6 Å². The van der Waals surface area contributed by atoms with Gasteiger partial charge >= 0.3 is 13.3 Å². The number of rotatable bonds is 13. The molecule has 1 atom stereocenters. The second kappa shape index (κ2) is 12.8. The van der Waals surface area contributed by atoms with Gasteiger partial charge in [0.15, 0.2) is 0 Å². The first-order valence-electron chi connectivity index (χ1n) is 12.0. The number of alkyl halides is 2. The Hall–Kier alpha value is -3.15. The Morgan fingerprint density at radius 3 is 2.10 bits per heavy atom. The van der Waals surface area contributed by atoms with E-state index in [-0.39, 0.29) is 17.9 Å². The SMILES string of the molecule is CN(CCCNC(=O)[C@H](Cc1ccc(C(F)(F)P(=O)(O)O)cc1)NS(=O)(=O)c1ccccc1)c1ccccc1. The lowest BCUT2D eigenvalue weighted by molar-refractivity contribution is -0.122. The lowest BCUT2D eigenvalue weighted by Crippen LogP contribution is -2.48. The van der Waals surface area contributed by atoms with Crippen LogP contribution in [-0.4, -0.2) is 50.3 Å². The number of anilines is 1. The summed E-state index contributed by atoms with van der Waals surface area (Å²) in [5.41, 5.74) is -3.97. The summed E-state index contributed by atoms with van der Waals surface area (Å²) in [7, 11) is -7.93. The molecule has 0 spiro atoms. The standard InChI is InChI=1S/C26H30F2N3O6PS/c1-31(22-9-4-2-5-10-22)18-8-17-29-25(32)24(30-39(36,37)23-11-6-3-7-12-23)19-20-13-15-21(16-14-20)26(27,28)38(33,34)35/h2-7,9-16,24,30H,8,17-19H2,1H3,(H,29,32)(H2,33,34,35)/t24-/m0/s1. The van der Waals surface area contributed by atoms with Crippen LogP contribution in [0.3, 0.4) is 0 Å². The van der Waals surface area contributed by atoms with Gasteiger partial charge in [0.2, 0.25) is 15.9 Å². The van der Waals surface area contributed by atoms with Crippen LogP contribution in [0.1, 0.15) is 17.5 Å². The largest absolute Gasteiger partial charge is 0.399 e. The van der Waals surface area contributed by atoms with Crippen molar-refractivity contribution in [1.29, 1.82) is 0 Å². The first-order chi connectivity index (χ1) is 18.3. The van der Waals surface area contributed by atoms with Crippen molar-refractivity contribution in [2.24, 2.45) is 0 Å². The molecular formula is C26H30F2N3O6PS. The number of halogens is 2. The molecule has 210 valence electrons. The zero-order valence-electron chi connectivity index (χ0n) is 21.1. The second-order valence-corrected chi connectivity index (χ2v) is 12.2. The van der Waals surface area contributed by atoms with Gasteiger partial charge in [0.1, 0.15) is 6.04 Å². The highest BCUT2D eigenvalue weighted by Gasteiger charge is 2.50. The van der Waals surface area contributed by atoms with Gasteiger partial charge in [0.25, 0.3) is 0 Å². The van der Waals surface area contributed by atoms with Crippen molar-refractivity contribution < 1.29 is 36.3 Å². The summed E-state index contributed by atoms with van der Waals surface area (Å²) >= 11 is 0. The predicted octanol–water partition coefficient (Wildman–Crippen LogP) is 3.45. The molecule has 1 amide bonds. The molecule has 3 aromatic carbocycles. The van der Waals surface area contributed by atoms with Gasteiger partial charge in [-0.15, -0.1) is 0 Å². The van der Waals surface area contributed by atoms with E-state index in [1.807, 2.05) is 42.3 Å². The quantitative estimate of drug-likeness (QED) is 0.179. The first-order valence-corrected chi connectivity index (χ1v) is 15.0. The van der Waals surface area contributed by atoms with Crippen molar-refractivity contribution in [3.8, 4) is 0 Å². The molecule has 0 saturated heterocycles. The normalized spacial score (nSPS) is 13.1. The van der Waals surface area contributed by atoms with Crippen LogP contribution in [-0.2, 0) is 31.5 Å². The van der Waals surface area contributed by atoms with E-state index in [0.717, 1.165) is 17.8 Å². The van der Waals surface area contributed by atoms with Crippen molar-refractivity contribution in [2.75, 3.05) is 25.0 Å². The number of carbonyl (C=O) groups excluding carboxylic acids is 1. The van der Waals surface area contributed by atoms with E-state index in [2.05, 4.69) is 10.0 Å². The van der Waals surface area contributed by atoms with Crippen molar-refractivity contribution in [2.45, 2.75) is 29.4 Å². The fourth-order valence-electron chi connectivity index (χ4n) is 3.75. The monoisotopic (exact) mass is 581 g/mol. The highest BCUT2D eigenvalue weighted by atomic mass is 32.2. The Morgan fingerprint density at radius 1 is 0.974 bits per heavy atom. The van der Waals surface area contributed by atoms with Gasteiger partial charge in [-0.3, -0.25) is 9.36 Å². The molecule has 0 aliphatic carbocycles. The van der Waals surface area contributed by atoms with Crippen LogP contribution in [0.2, 0.25) is 0 Å². The van der Waals surface area contributed by atoms with Gasteiger partial charge in [-0.05, 0) is 42.7 Å². The third kappa shape index (κ3) is 8.17. The van der Waals surface area contributed by atoms with Crippen LogP contribution >= 0.6 is 7.60 Å². The van der Waals surface area contributed by atoms with Gasteiger partial charge in [-0.2, -0.15) is 13.5 Å². The Morgan fingerprint density at radius 2 is 1.54 bits per heavy atom. The van der Waals surface area contributed by atoms with Crippen molar-refractivity contribution in [3.63, 3.8) is 0 Å². The number of hydrogen-bond donors (Lipinski definition) is 4. The molecule has 0 saturated carbocycles. The Bertz CT molecular complexity index is 1390. The smallest absolute Gasteiger partial charge is 0.375 e. The lowest BCUT2D eigenvalue weighted by atomic mass is 10.0. The van der Waals surface area contributed by atoms with E-state index >= 15 is 0 Å². The van der Waals surface area contributed by atoms with E-state index in [1.165, 1.54) is 36.4 Å². The Kier molecular flexibility index (Phi) is 9.98. The maximum absolute atomic E-state index is 14.0. The van der Waals surface area contributed by atoms with Gasteiger partial charge in [-0.25, -0.2) is 8.42 Å². The van der Waals surface area contributed by atoms with Gasteiger partial charge in [0, 0.05) is 31.4 Å². The van der Waals surface area contributed by atoms with E-state index < -0.39 is 40.8 Å². The number of hydrogen-bond acceptors (Lipinski definition) is 5. The summed E-state index contributed by atoms with van der Waals surface area (Å²) in [4.78, 5) is 32.9. The molecule has 3 aromatic rings. The van der Waals surface area contributed by atoms with Crippen LogP contribution in [0.5, 0.6) is 0 Å². The topological polar surface area (TPSA) is 136 Å². The third-order valence-electron chi connectivity index (χ3n) is 5.94. The minimum absolute atomic E-state index is 0.0519. The summed E-state index contributed by atoms with van der Waals surface area (Å²) in [5, 5.41) is 2.72. The number of nitrogens with one attached hydrogen (secondary N) is 2. The molecule has 0 fully saturated rings. The number of carbonyl (C=O) groups is 1. The van der Waals surface area contributed by atoms with Crippen molar-refractivity contribution >= 4 is 29.2 Å². The molecular weight excluding hydrogens is 551 g/mol. The molecule has 13 heteroatoms. The van der Waals surface area contributed by atoms with Crippen molar-refractivity contribution in [1.82, 2.24) is 10.0 Å². The molecule has 0 aromatic heterocycles. The number of amides is 1. The second-order valence-electron chi connectivity index (χ2n) is 8.87. The van der Waals surface area contributed by atoms with Crippen LogP contribution < -0.4 is 14.9 Å². The van der Waals surface area contributed by atoms with Crippen molar-refractivity contribution in [3.05, 3.63) is 96.1 Å². The molecule has 0 aliphatic rings. The van der Waals surface area contributed by atoms with Crippen LogP contribution in [0.4, 0.5) is 14.5 Å². The average Bonchev–Trinajstić information content (AvgIpc) is 2.91. The van der Waals surface area contributed by atoms with E-state index in [0.29, 0.717) is 18.5 Å². The summed E-state index contributed by atoms with van der Waals surface area (Å²) in [6.07, 6.45) is 0.380. The predicted molar refractivity (Wildman–Crippen MR) is 144 cm³/mol. The minimum Gasteiger partial charge on any atom is -0.375 e. The minimum atomic E-state index is -5.75. The van der Waals surface area contributed by atoms with Crippen LogP contribution in [0.15, 0.2) is 89.8 Å². The maximum atomic E-state index is 14.0. The van der Waals surface area contributed by atoms with E-state index in [1.54, 1.807) is 6.07 Å². The van der Waals surface area contributed by atoms with Crippen LogP contribution in [0.25, 0.3) is 0 Å². The highest BCUT2D eigenvalue weighted by molar-refractivity contribution is 7.89. The third-order valence-corrected chi connectivity index (χ3v) is 8.42. The molecule has 39 heavy (non-hydrogen) atoms. The number of nitrogens with zero attached hydrogens (tertiary/aromatic N) is 1. The zero-order valence-corrected chi connectivity index (χ0v) is 22.8. The highest BCUT2D eigenvalue weighted by Crippen LogP contribution is 2.59. The molecule has 4 N–H and O–H groups in total. The summed E-state index contributed by atoms with van der Waals surface area (Å²) < 4.78 is 67.4. The Labute approximate surface area is 226 Å². The molecule has 0 bridgehead atoms. The fraction of sp³-hybridized carbons (Fsp3) is 0.269. The van der Waals surface area contributed by atoms with Gasteiger partial charge in [-0.1, -0.05) is 60.7 Å². The van der Waals surface area contributed by atoms with Crippen LogP contribution in [0, 0.1) is 0 Å².